The summed E-state index contributed by atoms with van der Waals surface area (Å²) in [6.07, 6.45) is -4.84. The number of benzene rings is 2. The molecule has 0 spiro atoms. The Labute approximate surface area is 164 Å². The molecule has 0 atom stereocenters. The molecule has 0 saturated carbocycles. The third-order valence-corrected chi connectivity index (χ3v) is 4.02. The summed E-state index contributed by atoms with van der Waals surface area (Å²) in [6, 6.07) is 7.89. The zero-order valence-corrected chi connectivity index (χ0v) is 14.9. The van der Waals surface area contributed by atoms with Crippen LogP contribution in [0.5, 0.6) is 0 Å². The van der Waals surface area contributed by atoms with Crippen molar-refractivity contribution >= 4 is 23.3 Å². The number of carbonyl (C=O) groups is 1. The quantitative estimate of drug-likeness (QED) is 0.332. The summed E-state index contributed by atoms with van der Waals surface area (Å²) in [5, 5.41) is 5.46. The summed E-state index contributed by atoms with van der Waals surface area (Å²) >= 11 is 5.56. The van der Waals surface area contributed by atoms with Crippen molar-refractivity contribution in [1.29, 1.82) is 0 Å². The molecule has 1 radical (unpaired) electrons. The van der Waals surface area contributed by atoms with Crippen LogP contribution in [0, 0.1) is 23.5 Å². The lowest BCUT2D eigenvalue weighted by molar-refractivity contribution is -0.141. The third kappa shape index (κ3) is 4.21. The number of carbonyl (C=O) groups excluding carboxylic acids is 1. The highest BCUT2D eigenvalue weighted by Gasteiger charge is 2.36. The third-order valence-electron chi connectivity index (χ3n) is 3.77. The van der Waals surface area contributed by atoms with E-state index in [0.717, 1.165) is 12.1 Å². The summed E-state index contributed by atoms with van der Waals surface area (Å²) in [4.78, 5) is 12.4. The van der Waals surface area contributed by atoms with Crippen molar-refractivity contribution in [3.8, 4) is 11.1 Å². The van der Waals surface area contributed by atoms with Gasteiger partial charge in [-0.25, -0.2) is 18.0 Å². The fourth-order valence-electron chi connectivity index (χ4n) is 2.48. The lowest BCUT2D eigenvalue weighted by Gasteiger charge is -2.12. The molecule has 1 heterocycles. The van der Waals surface area contributed by atoms with E-state index >= 15 is 0 Å². The van der Waals surface area contributed by atoms with Crippen molar-refractivity contribution in [3.05, 3.63) is 71.3 Å². The molecule has 0 bridgehead atoms. The van der Waals surface area contributed by atoms with Crippen LogP contribution >= 0.6 is 11.6 Å². The second kappa shape index (κ2) is 7.78. The van der Waals surface area contributed by atoms with Gasteiger partial charge in [0, 0.05) is 11.6 Å². The number of aromatic nitrogens is 2. The molecule has 1 amide bonds. The minimum absolute atomic E-state index is 0.00695. The van der Waals surface area contributed by atoms with E-state index in [-0.39, 0.29) is 22.5 Å². The van der Waals surface area contributed by atoms with Gasteiger partial charge in [-0.2, -0.15) is 23.0 Å². The fourth-order valence-corrected chi connectivity index (χ4v) is 2.66. The van der Waals surface area contributed by atoms with E-state index in [2.05, 4.69) is 10.4 Å². The molecule has 1 N–H and O–H groups in total. The number of nitrogens with zero attached hydrogens (tertiary/aromatic N) is 2. The van der Waals surface area contributed by atoms with E-state index in [1.165, 1.54) is 24.3 Å². The fraction of sp³-hybridized carbons (Fsp3) is 0.111. The molecule has 0 aliphatic heterocycles. The number of hydrogen-bond acceptors (Lipinski definition) is 2. The van der Waals surface area contributed by atoms with E-state index in [9.17, 15) is 31.1 Å². The normalized spacial score (nSPS) is 11.6. The molecule has 2 aromatic carbocycles. The Balaban J connectivity index is 1.99. The number of hydrogen-bond donors (Lipinski definition) is 1. The molecule has 29 heavy (non-hydrogen) atoms. The monoisotopic (exact) mass is 432 g/mol. The van der Waals surface area contributed by atoms with Gasteiger partial charge in [0.05, 0.1) is 17.3 Å². The topological polar surface area (TPSA) is 46.9 Å². The van der Waals surface area contributed by atoms with Gasteiger partial charge >= 0.3 is 12.2 Å². The zero-order chi connectivity index (χ0) is 21.3. The van der Waals surface area contributed by atoms with Crippen molar-refractivity contribution in [2.24, 2.45) is 0 Å². The maximum Gasteiger partial charge on any atom is 0.435 e. The molecule has 0 fully saturated rings. The maximum absolute atomic E-state index is 13.6. The number of alkyl halides is 4. The highest BCUT2D eigenvalue weighted by molar-refractivity contribution is 6.17. The van der Waals surface area contributed by atoms with Gasteiger partial charge in [0.2, 0.25) is 0 Å². The van der Waals surface area contributed by atoms with Crippen LogP contribution in [0.1, 0.15) is 11.4 Å². The van der Waals surface area contributed by atoms with Crippen molar-refractivity contribution in [2.45, 2.75) is 12.1 Å². The first-order valence-electron chi connectivity index (χ1n) is 7.81. The predicted molar refractivity (Wildman–Crippen MR) is 91.8 cm³/mol. The van der Waals surface area contributed by atoms with Gasteiger partial charge in [0.25, 0.3) is 0 Å². The van der Waals surface area contributed by atoms with Gasteiger partial charge in [-0.3, -0.25) is 0 Å². The van der Waals surface area contributed by atoms with Crippen LogP contribution in [0.2, 0.25) is 0 Å². The Bertz CT molecular complexity index is 1060. The lowest BCUT2D eigenvalue weighted by Crippen LogP contribution is -2.23. The minimum Gasteiger partial charge on any atom is -0.305 e. The number of nitrogens with one attached hydrogen (secondary N) is 1. The van der Waals surface area contributed by atoms with E-state index in [4.69, 9.17) is 11.6 Å². The van der Waals surface area contributed by atoms with E-state index in [0.29, 0.717) is 4.68 Å². The summed E-state index contributed by atoms with van der Waals surface area (Å²) in [5.41, 5.74) is -1.78. The Hall–Kier alpha value is -3.01. The first-order chi connectivity index (χ1) is 13.6. The molecule has 0 aliphatic rings. The molecule has 1 aromatic heterocycles. The molecule has 0 saturated heterocycles. The van der Waals surface area contributed by atoms with Gasteiger partial charge in [0.1, 0.15) is 0 Å². The molecular weight excluding hydrogens is 424 g/mol. The number of halogens is 7. The number of rotatable bonds is 3. The minimum atomic E-state index is -4.84. The Morgan fingerprint density at radius 1 is 1.14 bits per heavy atom. The van der Waals surface area contributed by atoms with E-state index < -0.39 is 41.2 Å². The first kappa shape index (κ1) is 20.7. The van der Waals surface area contributed by atoms with Crippen LogP contribution in [0.3, 0.4) is 0 Å². The molecule has 4 nitrogen and oxygen atoms in total. The standard InChI is InChI=1S/C18H9ClF6N3O/c19-8-10-7-15(18(23,24)25)27-28(10)17(29)26-14-4-2-1-3-11(14)9-5-12(20)16(22)13(21)6-9/h1-6H,8H2,(H,26,29). The van der Waals surface area contributed by atoms with Gasteiger partial charge in [-0.05, 0) is 23.8 Å². The molecule has 3 rings (SSSR count). The SMILES string of the molecule is O=C(Nc1ccccc1-c1cc(F)c(F)c(F)c1)n1nc(C(F)(F)F)[c]c1CCl. The highest BCUT2D eigenvalue weighted by atomic mass is 35.5. The predicted octanol–water partition coefficient (Wildman–Crippen LogP) is 5.61. The van der Waals surface area contributed by atoms with Gasteiger partial charge in [0.15, 0.2) is 23.1 Å². The summed E-state index contributed by atoms with van der Waals surface area (Å²) in [7, 11) is 0. The van der Waals surface area contributed by atoms with Crippen LogP contribution in [-0.4, -0.2) is 15.8 Å². The van der Waals surface area contributed by atoms with Crippen LogP contribution in [-0.2, 0) is 12.1 Å². The zero-order valence-electron chi connectivity index (χ0n) is 14.1. The van der Waals surface area contributed by atoms with Gasteiger partial charge in [-0.15, -0.1) is 11.6 Å². The van der Waals surface area contributed by atoms with Crippen molar-refractivity contribution in [1.82, 2.24) is 9.78 Å². The average Bonchev–Trinajstić information content (AvgIpc) is 3.11. The Morgan fingerprint density at radius 2 is 1.76 bits per heavy atom. The number of anilines is 1. The van der Waals surface area contributed by atoms with Crippen LogP contribution in [0.4, 0.5) is 36.8 Å². The Morgan fingerprint density at radius 3 is 2.34 bits per heavy atom. The highest BCUT2D eigenvalue weighted by Crippen LogP contribution is 2.31. The average molecular weight is 433 g/mol. The molecule has 11 heteroatoms. The van der Waals surface area contributed by atoms with Gasteiger partial charge < -0.3 is 5.32 Å². The second-order valence-electron chi connectivity index (χ2n) is 5.69. The maximum atomic E-state index is 13.6. The summed E-state index contributed by atoms with van der Waals surface area (Å²) in [5.74, 6) is -5.02. The van der Waals surface area contributed by atoms with Crippen LogP contribution in [0.25, 0.3) is 11.1 Å². The molecular formula is C18H9ClF6N3O. The smallest absolute Gasteiger partial charge is 0.305 e. The number of para-hydroxylation sites is 1. The molecule has 151 valence electrons. The second-order valence-corrected chi connectivity index (χ2v) is 5.96. The molecule has 0 aliphatic carbocycles. The number of amides is 1. The largest absolute Gasteiger partial charge is 0.435 e. The molecule has 0 unspecified atom stereocenters. The van der Waals surface area contributed by atoms with Crippen molar-refractivity contribution < 1.29 is 31.1 Å². The van der Waals surface area contributed by atoms with Gasteiger partial charge in [-0.1, -0.05) is 18.2 Å². The summed E-state index contributed by atoms with van der Waals surface area (Å²) < 4.78 is 79.2. The van der Waals surface area contributed by atoms with E-state index in [1.807, 2.05) is 6.07 Å². The molecule has 3 aromatic rings. The van der Waals surface area contributed by atoms with Crippen LogP contribution in [0.15, 0.2) is 36.4 Å². The summed E-state index contributed by atoms with van der Waals surface area (Å²) in [6.45, 7) is 0. The Kier molecular flexibility index (Phi) is 5.56. The van der Waals surface area contributed by atoms with Crippen LogP contribution < -0.4 is 5.32 Å². The van der Waals surface area contributed by atoms with Crippen molar-refractivity contribution in [2.75, 3.05) is 5.32 Å². The van der Waals surface area contributed by atoms with Crippen molar-refractivity contribution in [3.63, 3.8) is 0 Å². The van der Waals surface area contributed by atoms with E-state index in [1.54, 1.807) is 0 Å². The first-order valence-corrected chi connectivity index (χ1v) is 8.35. The lowest BCUT2D eigenvalue weighted by atomic mass is 10.0.